The van der Waals surface area contributed by atoms with Crippen LogP contribution < -0.4 is 0 Å². The third-order valence-electron chi connectivity index (χ3n) is 6.98. The summed E-state index contributed by atoms with van der Waals surface area (Å²) in [5.74, 6) is 0.699. The maximum Gasteiger partial charge on any atom is 0.410 e. The third kappa shape index (κ3) is 6.21. The maximum atomic E-state index is 12.2. The smallest absolute Gasteiger partial charge is 0.410 e. The number of Topliss-reactive ketones (excluding diaryl/α,β-unsaturated/α-hetero) is 1. The van der Waals surface area contributed by atoms with Crippen molar-refractivity contribution in [3.63, 3.8) is 0 Å². The van der Waals surface area contributed by atoms with Gasteiger partial charge in [-0.2, -0.15) is 0 Å². The van der Waals surface area contributed by atoms with Crippen LogP contribution in [0, 0.1) is 11.8 Å². The minimum absolute atomic E-state index is 0.0488. The molecule has 2 heterocycles. The van der Waals surface area contributed by atoms with Gasteiger partial charge in [0, 0.05) is 19.5 Å². The Morgan fingerprint density at radius 1 is 1.10 bits per heavy atom. The molecule has 0 aromatic carbocycles. The molecule has 3 fully saturated rings. The SMILES string of the molecule is CC(C)(C)OC(=O)N1CCC(CCCCC2(C3CCCC3)CC(=O)CC(=O)O2)CC1. The van der Waals surface area contributed by atoms with Crippen LogP contribution in [0.2, 0.25) is 0 Å². The van der Waals surface area contributed by atoms with E-state index in [-0.39, 0.29) is 24.3 Å². The molecule has 1 aliphatic carbocycles. The quantitative estimate of drug-likeness (QED) is 0.342. The molecule has 2 aliphatic heterocycles. The van der Waals surface area contributed by atoms with Crippen LogP contribution in [-0.2, 0) is 19.1 Å². The van der Waals surface area contributed by atoms with Gasteiger partial charge in [-0.3, -0.25) is 9.59 Å². The largest absolute Gasteiger partial charge is 0.458 e. The molecule has 170 valence electrons. The van der Waals surface area contributed by atoms with Gasteiger partial charge in [0.25, 0.3) is 0 Å². The number of cyclic esters (lactones) is 1. The fraction of sp³-hybridized carbons (Fsp3) is 0.875. The van der Waals surface area contributed by atoms with Gasteiger partial charge < -0.3 is 14.4 Å². The van der Waals surface area contributed by atoms with Crippen molar-refractivity contribution >= 4 is 17.8 Å². The molecule has 30 heavy (non-hydrogen) atoms. The summed E-state index contributed by atoms with van der Waals surface area (Å²) >= 11 is 0. The van der Waals surface area contributed by atoms with Crippen LogP contribution in [0.3, 0.4) is 0 Å². The van der Waals surface area contributed by atoms with E-state index in [0.717, 1.165) is 64.5 Å². The number of amides is 1. The van der Waals surface area contributed by atoms with Crippen LogP contribution in [0.15, 0.2) is 0 Å². The average Bonchev–Trinajstić information content (AvgIpc) is 3.19. The van der Waals surface area contributed by atoms with E-state index in [0.29, 0.717) is 18.3 Å². The molecule has 0 N–H and O–H groups in total. The highest BCUT2D eigenvalue weighted by Gasteiger charge is 2.47. The van der Waals surface area contributed by atoms with Gasteiger partial charge in [0.15, 0.2) is 0 Å². The van der Waals surface area contributed by atoms with Gasteiger partial charge in [0.2, 0.25) is 0 Å². The Morgan fingerprint density at radius 2 is 1.77 bits per heavy atom. The van der Waals surface area contributed by atoms with E-state index in [9.17, 15) is 14.4 Å². The molecule has 2 saturated heterocycles. The lowest BCUT2D eigenvalue weighted by Crippen LogP contribution is -2.47. The Morgan fingerprint density at radius 3 is 2.37 bits per heavy atom. The predicted molar refractivity (Wildman–Crippen MR) is 114 cm³/mol. The molecule has 6 nitrogen and oxygen atoms in total. The van der Waals surface area contributed by atoms with E-state index in [1.165, 1.54) is 12.8 Å². The van der Waals surface area contributed by atoms with Crippen molar-refractivity contribution in [2.45, 2.75) is 109 Å². The summed E-state index contributed by atoms with van der Waals surface area (Å²) in [7, 11) is 0. The fourth-order valence-corrected chi connectivity index (χ4v) is 5.47. The zero-order chi connectivity index (χ0) is 21.8. The first-order chi connectivity index (χ1) is 14.2. The first-order valence-electron chi connectivity index (χ1n) is 11.9. The summed E-state index contributed by atoms with van der Waals surface area (Å²) in [4.78, 5) is 38.2. The van der Waals surface area contributed by atoms with Crippen LogP contribution in [0.5, 0.6) is 0 Å². The molecule has 3 rings (SSSR count). The second-order valence-electron chi connectivity index (χ2n) is 10.6. The lowest BCUT2D eigenvalue weighted by atomic mass is 9.76. The molecule has 1 amide bonds. The molecule has 0 radical (unpaired) electrons. The highest BCUT2D eigenvalue weighted by Crippen LogP contribution is 2.44. The second kappa shape index (κ2) is 9.69. The average molecular weight is 422 g/mol. The van der Waals surface area contributed by atoms with Gasteiger partial charge in [-0.15, -0.1) is 0 Å². The number of ketones is 1. The van der Waals surface area contributed by atoms with Crippen molar-refractivity contribution < 1.29 is 23.9 Å². The van der Waals surface area contributed by atoms with Gasteiger partial charge in [-0.25, -0.2) is 4.79 Å². The van der Waals surface area contributed by atoms with Crippen molar-refractivity contribution in [2.75, 3.05) is 13.1 Å². The summed E-state index contributed by atoms with van der Waals surface area (Å²) < 4.78 is 11.4. The van der Waals surface area contributed by atoms with Gasteiger partial charge in [-0.1, -0.05) is 25.7 Å². The molecule has 3 aliphatic rings. The molecule has 1 atom stereocenters. The summed E-state index contributed by atoms with van der Waals surface area (Å²) in [6.45, 7) is 7.21. The summed E-state index contributed by atoms with van der Waals surface area (Å²) in [5, 5.41) is 0. The van der Waals surface area contributed by atoms with Crippen LogP contribution in [0.4, 0.5) is 4.79 Å². The van der Waals surface area contributed by atoms with Crippen molar-refractivity contribution in [3.8, 4) is 0 Å². The van der Waals surface area contributed by atoms with Crippen molar-refractivity contribution in [1.29, 1.82) is 0 Å². The minimum Gasteiger partial charge on any atom is -0.458 e. The van der Waals surface area contributed by atoms with Crippen LogP contribution >= 0.6 is 0 Å². The first kappa shape index (κ1) is 23.1. The molecule has 1 unspecified atom stereocenters. The summed E-state index contributed by atoms with van der Waals surface area (Å²) in [6, 6.07) is 0. The van der Waals surface area contributed by atoms with E-state index in [1.54, 1.807) is 0 Å². The first-order valence-corrected chi connectivity index (χ1v) is 11.9. The zero-order valence-electron chi connectivity index (χ0n) is 19.0. The minimum atomic E-state index is -0.539. The predicted octanol–water partition coefficient (Wildman–Crippen LogP) is 5.03. The van der Waals surface area contributed by atoms with E-state index >= 15 is 0 Å². The van der Waals surface area contributed by atoms with E-state index < -0.39 is 11.2 Å². The van der Waals surface area contributed by atoms with E-state index in [2.05, 4.69) is 0 Å². The lowest BCUT2D eigenvalue weighted by molar-refractivity contribution is -0.178. The van der Waals surface area contributed by atoms with E-state index in [4.69, 9.17) is 9.47 Å². The number of rotatable bonds is 6. The lowest BCUT2D eigenvalue weighted by Gasteiger charge is -2.41. The van der Waals surface area contributed by atoms with Gasteiger partial charge in [0.1, 0.15) is 23.4 Å². The Hall–Kier alpha value is -1.59. The normalized spacial score (nSPS) is 26.7. The molecule has 0 bridgehead atoms. The Kier molecular flexibility index (Phi) is 7.46. The molecule has 6 heteroatoms. The Bertz CT molecular complexity index is 608. The standard InChI is InChI=1S/C24H39NO5/c1-23(2,3)30-22(28)25-14-11-18(12-15-25)8-6-7-13-24(19-9-4-5-10-19)17-20(26)16-21(27)29-24/h18-19H,4-17H2,1-3H3. The molecule has 0 aromatic heterocycles. The van der Waals surface area contributed by atoms with Crippen LogP contribution in [0.25, 0.3) is 0 Å². The summed E-state index contributed by atoms with van der Waals surface area (Å²) in [6.07, 6.45) is 10.7. The third-order valence-corrected chi connectivity index (χ3v) is 6.98. The second-order valence-corrected chi connectivity index (χ2v) is 10.6. The Balaban J connectivity index is 1.42. The van der Waals surface area contributed by atoms with Crippen molar-refractivity contribution in [2.24, 2.45) is 11.8 Å². The topological polar surface area (TPSA) is 72.9 Å². The molecular formula is C24H39NO5. The number of ether oxygens (including phenoxy) is 2. The van der Waals surface area contributed by atoms with Crippen LogP contribution in [0.1, 0.15) is 97.8 Å². The highest BCUT2D eigenvalue weighted by atomic mass is 16.6. The van der Waals surface area contributed by atoms with Crippen molar-refractivity contribution in [3.05, 3.63) is 0 Å². The zero-order valence-corrected chi connectivity index (χ0v) is 19.0. The fourth-order valence-electron chi connectivity index (χ4n) is 5.47. The molecule has 0 spiro atoms. The number of carbonyl (C=O) groups excluding carboxylic acids is 3. The van der Waals surface area contributed by atoms with Gasteiger partial charge in [-0.05, 0) is 71.1 Å². The number of esters is 1. The summed E-state index contributed by atoms with van der Waals surface area (Å²) in [5.41, 5.74) is -0.990. The van der Waals surface area contributed by atoms with E-state index in [1.807, 2.05) is 25.7 Å². The van der Waals surface area contributed by atoms with Gasteiger partial charge in [0.05, 0.1) is 0 Å². The number of unbranched alkanes of at least 4 members (excludes halogenated alkanes) is 1. The molecule has 0 aromatic rings. The number of piperidine rings is 1. The number of hydrogen-bond acceptors (Lipinski definition) is 5. The van der Waals surface area contributed by atoms with Gasteiger partial charge >= 0.3 is 12.1 Å². The molecule has 1 saturated carbocycles. The Labute approximate surface area is 181 Å². The highest BCUT2D eigenvalue weighted by molar-refractivity contribution is 5.98. The number of hydrogen-bond donors (Lipinski definition) is 0. The monoisotopic (exact) mass is 421 g/mol. The number of carbonyl (C=O) groups is 3. The maximum absolute atomic E-state index is 12.2. The van der Waals surface area contributed by atoms with Crippen molar-refractivity contribution in [1.82, 2.24) is 4.90 Å². The molecular weight excluding hydrogens is 382 g/mol. The van der Waals surface area contributed by atoms with Crippen LogP contribution in [-0.4, -0.2) is 47.0 Å². The number of nitrogens with zero attached hydrogens (tertiary/aromatic N) is 1. The number of likely N-dealkylation sites (tertiary alicyclic amines) is 1.